The largest absolute Gasteiger partial charge is 0.508 e. The Morgan fingerprint density at radius 1 is 0.762 bits per heavy atom. The van der Waals surface area contributed by atoms with Crippen LogP contribution in [0, 0.1) is 0 Å². The Balaban J connectivity index is 1.46. The minimum atomic E-state index is -1.92. The van der Waals surface area contributed by atoms with Crippen LogP contribution >= 0.6 is 0 Å². The zero-order valence-corrected chi connectivity index (χ0v) is 21.9. The number of aromatic hydroxyl groups is 3. The molecule has 2 saturated heterocycles. The fraction of sp³-hybridized carbons (Fsp3) is 0.444. The molecule has 15 nitrogen and oxygen atoms in total. The molecule has 0 saturated carbocycles. The van der Waals surface area contributed by atoms with Crippen LogP contribution in [0.3, 0.4) is 0 Å². The van der Waals surface area contributed by atoms with Gasteiger partial charge in [-0.2, -0.15) is 0 Å². The van der Waals surface area contributed by atoms with Crippen molar-refractivity contribution in [3.63, 3.8) is 0 Å². The van der Waals surface area contributed by atoms with Gasteiger partial charge in [0.2, 0.25) is 17.5 Å². The maximum Gasteiger partial charge on any atom is 0.239 e. The van der Waals surface area contributed by atoms with Crippen LogP contribution in [0.4, 0.5) is 0 Å². The minimum absolute atomic E-state index is 0.103. The van der Waals surface area contributed by atoms with Crippen LogP contribution in [0.1, 0.15) is 6.92 Å². The van der Waals surface area contributed by atoms with E-state index in [0.29, 0.717) is 0 Å². The molecular weight excluding hydrogens is 564 g/mol. The Kier molecular flexibility index (Phi) is 8.30. The number of aliphatic hydroxyl groups is 6. The Morgan fingerprint density at radius 2 is 1.40 bits per heavy atom. The third-order valence-electron chi connectivity index (χ3n) is 7.18. The highest BCUT2D eigenvalue weighted by molar-refractivity contribution is 5.88. The number of phenolic OH excluding ortho intramolecular Hbond substituents is 3. The summed E-state index contributed by atoms with van der Waals surface area (Å²) in [6.07, 6.45) is -15.8. The van der Waals surface area contributed by atoms with Crippen molar-refractivity contribution in [1.29, 1.82) is 0 Å². The summed E-state index contributed by atoms with van der Waals surface area (Å²) in [7, 11) is 0. The molecule has 0 unspecified atom stereocenters. The molecule has 10 atom stereocenters. The Hall–Kier alpha value is -3.51. The van der Waals surface area contributed by atoms with Crippen molar-refractivity contribution >= 4 is 11.0 Å². The number of hydrogen-bond acceptors (Lipinski definition) is 15. The summed E-state index contributed by atoms with van der Waals surface area (Å²) in [6, 6.07) is 7.33. The van der Waals surface area contributed by atoms with E-state index in [9.17, 15) is 50.8 Å². The molecule has 0 aliphatic carbocycles. The lowest BCUT2D eigenvalue weighted by Crippen LogP contribution is -2.61. The molecule has 0 radical (unpaired) electrons. The predicted octanol–water partition coefficient (Wildman–Crippen LogP) is -1.39. The maximum atomic E-state index is 13.5. The first-order valence-electron chi connectivity index (χ1n) is 12.9. The van der Waals surface area contributed by atoms with Gasteiger partial charge in [-0.1, -0.05) is 0 Å². The Labute approximate surface area is 236 Å². The van der Waals surface area contributed by atoms with E-state index in [1.807, 2.05) is 0 Å². The van der Waals surface area contributed by atoms with Gasteiger partial charge in [0.05, 0.1) is 12.7 Å². The molecule has 3 aromatic rings. The van der Waals surface area contributed by atoms with E-state index in [2.05, 4.69) is 0 Å². The highest BCUT2D eigenvalue weighted by Crippen LogP contribution is 2.37. The number of phenols is 3. The van der Waals surface area contributed by atoms with Crippen molar-refractivity contribution in [1.82, 2.24) is 0 Å². The van der Waals surface area contributed by atoms with Crippen molar-refractivity contribution in [2.75, 3.05) is 6.61 Å². The molecule has 2 fully saturated rings. The molecule has 5 rings (SSSR count). The summed E-state index contributed by atoms with van der Waals surface area (Å²) >= 11 is 0. The second-order valence-corrected chi connectivity index (χ2v) is 10.1. The molecule has 0 bridgehead atoms. The molecule has 1 aromatic heterocycles. The number of fused-ring (bicyclic) bond motifs is 1. The summed E-state index contributed by atoms with van der Waals surface area (Å²) in [5.74, 6) is -1.97. The molecule has 2 aliphatic rings. The van der Waals surface area contributed by atoms with Crippen LogP contribution in [0.2, 0.25) is 0 Å². The highest BCUT2D eigenvalue weighted by atomic mass is 16.7. The van der Waals surface area contributed by atoms with Gasteiger partial charge < -0.3 is 69.3 Å². The van der Waals surface area contributed by atoms with Crippen LogP contribution in [0.25, 0.3) is 22.3 Å². The van der Waals surface area contributed by atoms with Gasteiger partial charge in [0.1, 0.15) is 70.9 Å². The van der Waals surface area contributed by atoms with Crippen molar-refractivity contribution in [3.05, 3.63) is 46.6 Å². The first kappa shape index (κ1) is 30.0. The molecule has 0 spiro atoms. The molecule has 228 valence electrons. The monoisotopic (exact) mass is 594 g/mol. The fourth-order valence-corrected chi connectivity index (χ4v) is 4.79. The number of hydrogen-bond donors (Lipinski definition) is 9. The molecule has 9 N–H and O–H groups in total. The zero-order chi connectivity index (χ0) is 30.5. The first-order valence-corrected chi connectivity index (χ1v) is 12.9. The van der Waals surface area contributed by atoms with E-state index < -0.39 is 90.7 Å². The van der Waals surface area contributed by atoms with Gasteiger partial charge in [-0.15, -0.1) is 0 Å². The van der Waals surface area contributed by atoms with Crippen LogP contribution in [0.15, 0.2) is 45.6 Å². The molecule has 42 heavy (non-hydrogen) atoms. The quantitative estimate of drug-likeness (QED) is 0.159. The normalized spacial score (nSPS) is 33.5. The van der Waals surface area contributed by atoms with Crippen molar-refractivity contribution in [2.24, 2.45) is 0 Å². The summed E-state index contributed by atoms with van der Waals surface area (Å²) in [6.45, 7) is 0.866. The summed E-state index contributed by atoms with van der Waals surface area (Å²) < 4.78 is 28.0. The summed E-state index contributed by atoms with van der Waals surface area (Å²) in [5.41, 5.74) is -0.956. The Morgan fingerprint density at radius 3 is 2.10 bits per heavy atom. The van der Waals surface area contributed by atoms with Gasteiger partial charge in [0, 0.05) is 17.7 Å². The highest BCUT2D eigenvalue weighted by Gasteiger charge is 2.47. The third-order valence-corrected chi connectivity index (χ3v) is 7.18. The molecule has 2 aliphatic heterocycles. The van der Waals surface area contributed by atoms with Crippen LogP contribution in [-0.2, 0) is 14.2 Å². The molecular formula is C27H30O15. The van der Waals surface area contributed by atoms with E-state index in [-0.39, 0.29) is 28.0 Å². The summed E-state index contributed by atoms with van der Waals surface area (Å²) in [5, 5.41) is 91.4. The number of rotatable bonds is 6. The van der Waals surface area contributed by atoms with Gasteiger partial charge in [0.15, 0.2) is 12.1 Å². The van der Waals surface area contributed by atoms with E-state index in [0.717, 1.165) is 12.1 Å². The van der Waals surface area contributed by atoms with E-state index in [1.54, 1.807) is 0 Å². The van der Waals surface area contributed by atoms with Gasteiger partial charge in [-0.25, -0.2) is 0 Å². The smallest absolute Gasteiger partial charge is 0.239 e. The van der Waals surface area contributed by atoms with Crippen molar-refractivity contribution in [3.8, 4) is 34.3 Å². The van der Waals surface area contributed by atoms with E-state index in [1.165, 1.54) is 31.2 Å². The van der Waals surface area contributed by atoms with Crippen molar-refractivity contribution < 1.29 is 69.3 Å². The van der Waals surface area contributed by atoms with Crippen molar-refractivity contribution in [2.45, 2.75) is 68.3 Å². The Bertz CT molecular complexity index is 1470. The zero-order valence-electron chi connectivity index (χ0n) is 21.9. The average molecular weight is 595 g/mol. The van der Waals surface area contributed by atoms with Crippen LogP contribution in [0.5, 0.6) is 23.0 Å². The maximum absolute atomic E-state index is 13.5. The van der Waals surface area contributed by atoms with Gasteiger partial charge in [0.25, 0.3) is 0 Å². The average Bonchev–Trinajstić information content (AvgIpc) is 2.95. The van der Waals surface area contributed by atoms with Gasteiger partial charge in [-0.05, 0) is 31.2 Å². The fourth-order valence-electron chi connectivity index (χ4n) is 4.79. The first-order chi connectivity index (χ1) is 19.9. The summed E-state index contributed by atoms with van der Waals surface area (Å²) in [4.78, 5) is 13.5. The van der Waals surface area contributed by atoms with Gasteiger partial charge in [-0.3, -0.25) is 4.79 Å². The SMILES string of the molecule is C[C@H]1O[C@H](OC[C@H]2O[C@@H](Oc3c(-c4ccc(O)cc4)oc4cc(O)cc(O)c4c3=O)[C@H](O)[C@@H](O)[C@H]2O)[C@@H](O)[C@@H](O)[C@H]1O. The second kappa shape index (κ2) is 11.6. The third kappa shape index (κ3) is 5.49. The molecule has 0 amide bonds. The topological polar surface area (TPSA) is 249 Å². The van der Waals surface area contributed by atoms with Gasteiger partial charge >= 0.3 is 0 Å². The minimum Gasteiger partial charge on any atom is -0.508 e. The second-order valence-electron chi connectivity index (χ2n) is 10.1. The lowest BCUT2D eigenvalue weighted by Gasteiger charge is -2.42. The van der Waals surface area contributed by atoms with E-state index in [4.69, 9.17) is 23.4 Å². The molecule has 2 aromatic carbocycles. The standard InChI is InChI=1S/C27H30O15/c1-9-17(31)20(34)22(36)26(39-9)38-8-15-18(32)21(35)23(37)27(41-15)42-25-19(33)16-13(30)6-12(29)7-14(16)40-24(25)10-2-4-11(28)5-3-10/h2-7,9,15,17-18,20-23,26-32,34-37H,8H2,1H3/t9-,15-,17+,18+,20+,21+,22+,23-,26+,27+/m1/s1. The van der Waals surface area contributed by atoms with E-state index >= 15 is 0 Å². The number of aliphatic hydroxyl groups excluding tert-OH is 6. The number of ether oxygens (including phenoxy) is 4. The van der Waals surface area contributed by atoms with Crippen LogP contribution < -0.4 is 10.2 Å². The molecule has 3 heterocycles. The van der Waals surface area contributed by atoms with Crippen LogP contribution in [-0.4, -0.2) is 114 Å². The number of benzene rings is 2. The lowest BCUT2D eigenvalue weighted by atomic mass is 9.98. The predicted molar refractivity (Wildman–Crippen MR) is 139 cm³/mol. The lowest BCUT2D eigenvalue weighted by molar-refractivity contribution is -0.318. The molecule has 15 heteroatoms.